The van der Waals surface area contributed by atoms with Gasteiger partial charge in [-0.05, 0) is 39.8 Å². The van der Waals surface area contributed by atoms with Gasteiger partial charge in [-0.1, -0.05) is 0 Å². The van der Waals surface area contributed by atoms with E-state index in [1.807, 2.05) is 33.8 Å². The molecule has 0 saturated carbocycles. The van der Waals surface area contributed by atoms with Gasteiger partial charge in [0.1, 0.15) is 11.4 Å². The molecule has 1 aromatic heterocycles. The van der Waals surface area contributed by atoms with E-state index in [-0.39, 0.29) is 6.04 Å². The minimum absolute atomic E-state index is 0.109. The molecule has 1 rings (SSSR count). The molecule has 1 heterocycles. The third-order valence-electron chi connectivity index (χ3n) is 1.76. The number of nitrogens with one attached hydrogen (secondary N) is 2. The first kappa shape index (κ1) is 12.6. The van der Waals surface area contributed by atoms with Crippen LogP contribution < -0.4 is 10.9 Å². The number of carbonyl (C=O) groups is 1. The molecule has 0 aliphatic rings. The fourth-order valence-electron chi connectivity index (χ4n) is 1.08. The molecule has 0 fully saturated rings. The van der Waals surface area contributed by atoms with Gasteiger partial charge in [0.2, 0.25) is 0 Å². The van der Waals surface area contributed by atoms with E-state index < -0.39 is 11.7 Å². The summed E-state index contributed by atoms with van der Waals surface area (Å²) in [6.07, 6.45) is 1.08. The van der Waals surface area contributed by atoms with E-state index in [0.29, 0.717) is 0 Å². The van der Waals surface area contributed by atoms with E-state index in [2.05, 4.69) is 10.9 Å². The van der Waals surface area contributed by atoms with Crippen molar-refractivity contribution < 1.29 is 13.9 Å². The van der Waals surface area contributed by atoms with E-state index in [4.69, 9.17) is 9.15 Å². The molecule has 0 saturated heterocycles. The topological polar surface area (TPSA) is 63.5 Å². The number of hydrogen-bond acceptors (Lipinski definition) is 4. The van der Waals surface area contributed by atoms with E-state index in [1.165, 1.54) is 0 Å². The summed E-state index contributed by atoms with van der Waals surface area (Å²) in [4.78, 5) is 11.3. The Morgan fingerprint density at radius 2 is 2.19 bits per heavy atom. The molecule has 0 aromatic carbocycles. The zero-order valence-electron chi connectivity index (χ0n) is 10.0. The van der Waals surface area contributed by atoms with Gasteiger partial charge >= 0.3 is 6.09 Å². The van der Waals surface area contributed by atoms with Crippen molar-refractivity contribution in [3.8, 4) is 0 Å². The van der Waals surface area contributed by atoms with Crippen molar-refractivity contribution in [1.82, 2.24) is 10.9 Å². The zero-order chi connectivity index (χ0) is 12.2. The first-order chi connectivity index (χ1) is 7.38. The van der Waals surface area contributed by atoms with Gasteiger partial charge in [0, 0.05) is 0 Å². The van der Waals surface area contributed by atoms with Gasteiger partial charge in [-0.2, -0.15) is 0 Å². The average molecular weight is 226 g/mol. The maximum Gasteiger partial charge on any atom is 0.422 e. The monoisotopic (exact) mass is 226 g/mol. The molecule has 0 bridgehead atoms. The Morgan fingerprint density at radius 3 is 2.69 bits per heavy atom. The number of furan rings is 1. The maximum atomic E-state index is 11.3. The molecule has 0 aliphatic heterocycles. The van der Waals surface area contributed by atoms with Crippen LogP contribution in [0.5, 0.6) is 0 Å². The summed E-state index contributed by atoms with van der Waals surface area (Å²) in [5, 5.41) is 0. The van der Waals surface area contributed by atoms with Crippen molar-refractivity contribution in [3.05, 3.63) is 24.2 Å². The van der Waals surface area contributed by atoms with Gasteiger partial charge < -0.3 is 9.15 Å². The van der Waals surface area contributed by atoms with Crippen LogP contribution in [-0.4, -0.2) is 11.7 Å². The number of ether oxygens (including phenoxy) is 1. The van der Waals surface area contributed by atoms with E-state index in [0.717, 1.165) is 5.76 Å². The summed E-state index contributed by atoms with van der Waals surface area (Å²) < 4.78 is 10.2. The molecule has 5 heteroatoms. The maximum absolute atomic E-state index is 11.3. The van der Waals surface area contributed by atoms with Crippen LogP contribution in [0.3, 0.4) is 0 Å². The second kappa shape index (κ2) is 5.03. The molecular weight excluding hydrogens is 208 g/mol. The van der Waals surface area contributed by atoms with Crippen LogP contribution in [0, 0.1) is 0 Å². The molecule has 5 nitrogen and oxygen atoms in total. The summed E-state index contributed by atoms with van der Waals surface area (Å²) in [7, 11) is 0. The molecule has 2 N–H and O–H groups in total. The first-order valence-electron chi connectivity index (χ1n) is 5.16. The predicted molar refractivity (Wildman–Crippen MR) is 59.6 cm³/mol. The zero-order valence-corrected chi connectivity index (χ0v) is 10.0. The Balaban J connectivity index is 2.32. The fourth-order valence-corrected chi connectivity index (χ4v) is 1.08. The number of hydrogen-bond donors (Lipinski definition) is 2. The number of rotatable bonds is 3. The summed E-state index contributed by atoms with van der Waals surface area (Å²) in [6, 6.07) is 3.51. The normalized spacial score (nSPS) is 13.2. The third kappa shape index (κ3) is 4.35. The molecule has 16 heavy (non-hydrogen) atoms. The van der Waals surface area contributed by atoms with Gasteiger partial charge in [-0.15, -0.1) is 0 Å². The quantitative estimate of drug-likeness (QED) is 0.777. The molecule has 1 aromatic rings. The Morgan fingerprint density at radius 1 is 1.50 bits per heavy atom. The lowest BCUT2D eigenvalue weighted by molar-refractivity contribution is 0.0487. The highest BCUT2D eigenvalue weighted by molar-refractivity contribution is 5.67. The molecule has 1 unspecified atom stereocenters. The summed E-state index contributed by atoms with van der Waals surface area (Å²) in [6.45, 7) is 7.30. The Labute approximate surface area is 95.1 Å². The van der Waals surface area contributed by atoms with Crippen molar-refractivity contribution in [2.75, 3.05) is 0 Å². The molecule has 1 atom stereocenters. The largest absolute Gasteiger partial charge is 0.468 e. The van der Waals surface area contributed by atoms with Crippen molar-refractivity contribution in [2.45, 2.75) is 39.3 Å². The van der Waals surface area contributed by atoms with Gasteiger partial charge in [-0.3, -0.25) is 5.43 Å². The molecule has 1 amide bonds. The lowest BCUT2D eigenvalue weighted by Gasteiger charge is -2.20. The molecule has 0 radical (unpaired) electrons. The number of hydrazine groups is 1. The van der Waals surface area contributed by atoms with E-state index in [1.54, 1.807) is 12.3 Å². The van der Waals surface area contributed by atoms with Gasteiger partial charge in [-0.25, -0.2) is 10.2 Å². The average Bonchev–Trinajstić information content (AvgIpc) is 2.64. The molecule has 0 spiro atoms. The smallest absolute Gasteiger partial charge is 0.422 e. The van der Waals surface area contributed by atoms with Crippen LogP contribution in [0.15, 0.2) is 22.8 Å². The Kier molecular flexibility index (Phi) is 3.95. The lowest BCUT2D eigenvalue weighted by atomic mass is 10.2. The third-order valence-corrected chi connectivity index (χ3v) is 1.76. The van der Waals surface area contributed by atoms with Crippen LogP contribution in [0.1, 0.15) is 39.5 Å². The van der Waals surface area contributed by atoms with Crippen molar-refractivity contribution >= 4 is 6.09 Å². The minimum atomic E-state index is -0.508. The van der Waals surface area contributed by atoms with E-state index in [9.17, 15) is 4.79 Å². The van der Waals surface area contributed by atoms with Crippen LogP contribution in [0.4, 0.5) is 4.79 Å². The van der Waals surface area contributed by atoms with Crippen LogP contribution in [0.25, 0.3) is 0 Å². The summed E-state index contributed by atoms with van der Waals surface area (Å²) >= 11 is 0. The molecule has 90 valence electrons. The van der Waals surface area contributed by atoms with Crippen LogP contribution >= 0.6 is 0 Å². The Bertz CT molecular complexity index is 327. The fraction of sp³-hybridized carbons (Fsp3) is 0.545. The second-order valence-electron chi connectivity index (χ2n) is 4.51. The van der Waals surface area contributed by atoms with Crippen LogP contribution in [0.2, 0.25) is 0 Å². The highest BCUT2D eigenvalue weighted by Crippen LogP contribution is 2.11. The van der Waals surface area contributed by atoms with Gasteiger partial charge in [0.15, 0.2) is 0 Å². The molecule has 0 aliphatic carbocycles. The number of amides is 1. The second-order valence-corrected chi connectivity index (χ2v) is 4.51. The lowest BCUT2D eigenvalue weighted by Crippen LogP contribution is -2.42. The molecular formula is C11H18N2O3. The highest BCUT2D eigenvalue weighted by atomic mass is 16.6. The van der Waals surface area contributed by atoms with Crippen LogP contribution in [-0.2, 0) is 4.74 Å². The summed E-state index contributed by atoms with van der Waals surface area (Å²) in [5.41, 5.74) is 4.74. The highest BCUT2D eigenvalue weighted by Gasteiger charge is 2.16. The predicted octanol–water partition coefficient (Wildman–Crippen LogP) is 2.37. The van der Waals surface area contributed by atoms with E-state index >= 15 is 0 Å². The van der Waals surface area contributed by atoms with Crippen molar-refractivity contribution in [1.29, 1.82) is 0 Å². The Hall–Kier alpha value is -1.49. The van der Waals surface area contributed by atoms with Gasteiger partial charge in [0.05, 0.1) is 12.3 Å². The first-order valence-corrected chi connectivity index (χ1v) is 5.16. The summed E-state index contributed by atoms with van der Waals surface area (Å²) in [5.74, 6) is 0.746. The van der Waals surface area contributed by atoms with Crippen molar-refractivity contribution in [2.24, 2.45) is 0 Å². The number of carbonyl (C=O) groups excluding carboxylic acids is 1. The SMILES string of the molecule is CC(NNC(=O)OC(C)(C)C)c1ccco1. The van der Waals surface area contributed by atoms with Crippen molar-refractivity contribution in [3.63, 3.8) is 0 Å². The standard InChI is InChI=1S/C11H18N2O3/c1-8(9-6-5-7-15-9)12-13-10(14)16-11(2,3)4/h5-8,12H,1-4H3,(H,13,14). The van der Waals surface area contributed by atoms with Gasteiger partial charge in [0.25, 0.3) is 0 Å². The minimum Gasteiger partial charge on any atom is -0.468 e.